The van der Waals surface area contributed by atoms with Crippen LogP contribution < -0.4 is 10.1 Å². The molecule has 0 aliphatic heterocycles. The Bertz CT molecular complexity index is 564. The molecule has 0 amide bonds. The summed E-state index contributed by atoms with van der Waals surface area (Å²) in [4.78, 5) is 0. The Kier molecular flexibility index (Phi) is 4.17. The minimum atomic E-state index is -4.29. The van der Waals surface area contributed by atoms with Crippen LogP contribution in [0.3, 0.4) is 0 Å². The normalized spacial score (nSPS) is 11.2. The van der Waals surface area contributed by atoms with E-state index in [0.717, 1.165) is 29.1 Å². The molecule has 2 nitrogen and oxygen atoms in total. The zero-order valence-electron chi connectivity index (χ0n) is 10.9. The highest BCUT2D eigenvalue weighted by atomic mass is 19.4. The highest BCUT2D eigenvalue weighted by Gasteiger charge is 2.29. The highest BCUT2D eigenvalue weighted by Crippen LogP contribution is 2.29. The van der Waals surface area contributed by atoms with Crippen LogP contribution in [0.2, 0.25) is 0 Å². The summed E-state index contributed by atoms with van der Waals surface area (Å²) in [6.07, 6.45) is -4.29. The van der Waals surface area contributed by atoms with Gasteiger partial charge in [0.25, 0.3) is 0 Å². The predicted octanol–water partition coefficient (Wildman–Crippen LogP) is 4.33. The first kappa shape index (κ1) is 14.2. The van der Waals surface area contributed by atoms with Crippen LogP contribution in [0.25, 0.3) is 0 Å². The second kappa shape index (κ2) is 5.86. The number of halogens is 3. The van der Waals surface area contributed by atoms with Crippen molar-refractivity contribution in [3.8, 4) is 5.75 Å². The number of benzene rings is 2. The van der Waals surface area contributed by atoms with E-state index in [0.29, 0.717) is 6.54 Å². The van der Waals surface area contributed by atoms with Gasteiger partial charge in [-0.2, -0.15) is 13.2 Å². The number of anilines is 1. The van der Waals surface area contributed by atoms with Crippen LogP contribution in [0.15, 0.2) is 48.5 Å². The summed E-state index contributed by atoms with van der Waals surface area (Å²) in [6.45, 7) is 0.450. The number of alkyl halides is 3. The summed E-state index contributed by atoms with van der Waals surface area (Å²) in [7, 11) is 1.58. The van der Waals surface area contributed by atoms with Gasteiger partial charge in [-0.25, -0.2) is 0 Å². The van der Waals surface area contributed by atoms with Crippen LogP contribution in [0.5, 0.6) is 5.75 Å². The lowest BCUT2D eigenvalue weighted by molar-refractivity contribution is -0.137. The molecule has 0 atom stereocenters. The summed E-state index contributed by atoms with van der Waals surface area (Å²) in [6, 6.07) is 12.5. The van der Waals surface area contributed by atoms with Crippen LogP contribution >= 0.6 is 0 Å². The van der Waals surface area contributed by atoms with E-state index >= 15 is 0 Å². The number of nitrogens with one attached hydrogen (secondary N) is 1. The third kappa shape index (κ3) is 3.66. The molecular formula is C15H14F3NO. The molecule has 1 N–H and O–H groups in total. The molecular weight excluding hydrogens is 267 g/mol. The summed E-state index contributed by atoms with van der Waals surface area (Å²) in [5.74, 6) is 0.724. The Balaban J connectivity index is 2.00. The molecule has 0 saturated carbocycles. The molecule has 106 valence electrons. The fourth-order valence-corrected chi connectivity index (χ4v) is 1.75. The maximum atomic E-state index is 12.4. The van der Waals surface area contributed by atoms with Gasteiger partial charge in [0, 0.05) is 18.3 Å². The first-order valence-corrected chi connectivity index (χ1v) is 6.03. The summed E-state index contributed by atoms with van der Waals surface area (Å²) >= 11 is 0. The molecule has 0 spiro atoms. The molecule has 0 aromatic heterocycles. The van der Waals surface area contributed by atoms with Gasteiger partial charge in [-0.3, -0.25) is 0 Å². The van der Waals surface area contributed by atoms with Crippen LogP contribution in [0.1, 0.15) is 11.1 Å². The lowest BCUT2D eigenvalue weighted by Gasteiger charge is -2.10. The average molecular weight is 281 g/mol. The van der Waals surface area contributed by atoms with E-state index in [1.54, 1.807) is 7.11 Å². The summed E-state index contributed by atoms with van der Waals surface area (Å²) in [5.41, 5.74) is 0.993. The van der Waals surface area contributed by atoms with Crippen molar-refractivity contribution in [2.45, 2.75) is 12.7 Å². The van der Waals surface area contributed by atoms with E-state index in [1.165, 1.54) is 12.1 Å². The van der Waals surface area contributed by atoms with E-state index in [2.05, 4.69) is 5.32 Å². The maximum absolute atomic E-state index is 12.4. The van der Waals surface area contributed by atoms with Crippen LogP contribution in [-0.4, -0.2) is 7.11 Å². The molecule has 5 heteroatoms. The molecule has 2 aromatic carbocycles. The molecule has 0 saturated heterocycles. The number of ether oxygens (including phenoxy) is 1. The SMILES string of the molecule is COc1cccc(NCc2ccc(C(F)(F)F)cc2)c1. The minimum absolute atomic E-state index is 0.450. The largest absolute Gasteiger partial charge is 0.497 e. The van der Waals surface area contributed by atoms with Crippen molar-refractivity contribution in [3.63, 3.8) is 0 Å². The average Bonchev–Trinajstić information content (AvgIpc) is 2.45. The van der Waals surface area contributed by atoms with Gasteiger partial charge in [0.05, 0.1) is 12.7 Å². The lowest BCUT2D eigenvalue weighted by atomic mass is 10.1. The van der Waals surface area contributed by atoms with Gasteiger partial charge in [-0.15, -0.1) is 0 Å². The number of hydrogen-bond acceptors (Lipinski definition) is 2. The lowest BCUT2D eigenvalue weighted by Crippen LogP contribution is -2.05. The first-order valence-electron chi connectivity index (χ1n) is 6.03. The maximum Gasteiger partial charge on any atom is 0.416 e. The van der Waals surface area contributed by atoms with Crippen molar-refractivity contribution < 1.29 is 17.9 Å². The van der Waals surface area contributed by atoms with Crippen LogP contribution in [-0.2, 0) is 12.7 Å². The molecule has 0 bridgehead atoms. The second-order valence-electron chi connectivity index (χ2n) is 4.28. The van der Waals surface area contributed by atoms with Gasteiger partial charge in [0.2, 0.25) is 0 Å². The van der Waals surface area contributed by atoms with Crippen molar-refractivity contribution >= 4 is 5.69 Å². The smallest absolute Gasteiger partial charge is 0.416 e. The summed E-state index contributed by atoms with van der Waals surface area (Å²) < 4.78 is 42.4. The second-order valence-corrected chi connectivity index (χ2v) is 4.28. The van der Waals surface area contributed by atoms with Gasteiger partial charge >= 0.3 is 6.18 Å². The molecule has 0 aliphatic carbocycles. The standard InChI is InChI=1S/C15H14F3NO/c1-20-14-4-2-3-13(9-14)19-10-11-5-7-12(8-6-11)15(16,17)18/h2-9,19H,10H2,1H3. The van der Waals surface area contributed by atoms with E-state index in [9.17, 15) is 13.2 Å². The molecule has 0 fully saturated rings. The fraction of sp³-hybridized carbons (Fsp3) is 0.200. The van der Waals surface area contributed by atoms with E-state index in [4.69, 9.17) is 4.74 Å². The van der Waals surface area contributed by atoms with Gasteiger partial charge in [0.15, 0.2) is 0 Å². The topological polar surface area (TPSA) is 21.3 Å². The van der Waals surface area contributed by atoms with E-state index < -0.39 is 11.7 Å². The molecule has 0 unspecified atom stereocenters. The van der Waals surface area contributed by atoms with E-state index in [1.807, 2.05) is 24.3 Å². The quantitative estimate of drug-likeness (QED) is 0.900. The Morgan fingerprint density at radius 3 is 2.35 bits per heavy atom. The van der Waals surface area contributed by atoms with Gasteiger partial charge in [0.1, 0.15) is 5.75 Å². The third-order valence-electron chi connectivity index (χ3n) is 2.85. The van der Waals surface area contributed by atoms with Crippen molar-refractivity contribution in [2.75, 3.05) is 12.4 Å². The number of methoxy groups -OCH3 is 1. The van der Waals surface area contributed by atoms with Crippen molar-refractivity contribution in [1.82, 2.24) is 0 Å². The molecule has 0 radical (unpaired) electrons. The fourth-order valence-electron chi connectivity index (χ4n) is 1.75. The molecule has 0 heterocycles. The van der Waals surface area contributed by atoms with Crippen molar-refractivity contribution in [1.29, 1.82) is 0 Å². The number of hydrogen-bond donors (Lipinski definition) is 1. The molecule has 0 aliphatic rings. The molecule has 2 aromatic rings. The first-order chi connectivity index (χ1) is 9.49. The Labute approximate surface area is 115 Å². The number of rotatable bonds is 4. The van der Waals surface area contributed by atoms with Crippen LogP contribution in [0.4, 0.5) is 18.9 Å². The molecule has 20 heavy (non-hydrogen) atoms. The summed E-state index contributed by atoms with van der Waals surface area (Å²) in [5, 5.41) is 3.13. The Hall–Kier alpha value is -2.17. The predicted molar refractivity (Wildman–Crippen MR) is 71.8 cm³/mol. The van der Waals surface area contributed by atoms with Gasteiger partial charge in [-0.05, 0) is 29.8 Å². The van der Waals surface area contributed by atoms with Crippen molar-refractivity contribution in [3.05, 3.63) is 59.7 Å². The molecule has 2 rings (SSSR count). The zero-order valence-corrected chi connectivity index (χ0v) is 10.9. The van der Waals surface area contributed by atoms with Gasteiger partial charge < -0.3 is 10.1 Å². The monoisotopic (exact) mass is 281 g/mol. The Morgan fingerprint density at radius 2 is 1.75 bits per heavy atom. The van der Waals surface area contributed by atoms with E-state index in [-0.39, 0.29) is 0 Å². The highest BCUT2D eigenvalue weighted by molar-refractivity contribution is 5.48. The van der Waals surface area contributed by atoms with Crippen molar-refractivity contribution in [2.24, 2.45) is 0 Å². The minimum Gasteiger partial charge on any atom is -0.497 e. The van der Waals surface area contributed by atoms with Crippen LogP contribution in [0, 0.1) is 0 Å². The Morgan fingerprint density at radius 1 is 1.05 bits per heavy atom. The van der Waals surface area contributed by atoms with Gasteiger partial charge in [-0.1, -0.05) is 18.2 Å². The third-order valence-corrected chi connectivity index (χ3v) is 2.85. The zero-order chi connectivity index (χ0) is 14.6.